The molecule has 0 aliphatic heterocycles. The summed E-state index contributed by atoms with van der Waals surface area (Å²) in [6, 6.07) is 12.7. The van der Waals surface area contributed by atoms with Crippen molar-refractivity contribution < 1.29 is 4.79 Å². The van der Waals surface area contributed by atoms with Crippen LogP contribution in [-0.4, -0.2) is 15.6 Å². The van der Waals surface area contributed by atoms with Crippen LogP contribution in [0.25, 0.3) is 10.9 Å². The number of benzene rings is 2. The van der Waals surface area contributed by atoms with Gasteiger partial charge in [0.15, 0.2) is 5.78 Å². The lowest BCUT2D eigenvalue weighted by atomic mass is 10.0. The highest BCUT2D eigenvalue weighted by Crippen LogP contribution is 2.21. The fraction of sp³-hybridized carbons (Fsp3) is 0.125. The maximum Gasteiger partial charge on any atom is 0.169 e. The molecule has 0 aliphatic rings. The zero-order chi connectivity index (χ0) is 15.0. The molecule has 0 spiro atoms. The monoisotopic (exact) mass is 299 g/mol. The summed E-state index contributed by atoms with van der Waals surface area (Å²) in [5.41, 5.74) is 8.49. The van der Waals surface area contributed by atoms with Crippen LogP contribution < -0.4 is 5.73 Å². The van der Waals surface area contributed by atoms with E-state index < -0.39 is 0 Å². The first-order valence-electron chi connectivity index (χ1n) is 6.54. The molecule has 106 valence electrons. The Morgan fingerprint density at radius 1 is 1.29 bits per heavy atom. The number of rotatable bonds is 3. The number of hydrogen-bond donors (Lipinski definition) is 1. The van der Waals surface area contributed by atoms with Gasteiger partial charge in [0, 0.05) is 28.7 Å². The molecule has 2 aromatic carbocycles. The number of halogens is 1. The van der Waals surface area contributed by atoms with Crippen molar-refractivity contribution in [1.82, 2.24) is 9.78 Å². The summed E-state index contributed by atoms with van der Waals surface area (Å²) in [5, 5.41) is 5.88. The molecule has 0 bridgehead atoms. The Morgan fingerprint density at radius 3 is 2.81 bits per heavy atom. The van der Waals surface area contributed by atoms with Gasteiger partial charge in [-0.3, -0.25) is 9.48 Å². The van der Waals surface area contributed by atoms with Crippen LogP contribution in [0.15, 0.2) is 42.5 Å². The quantitative estimate of drug-likeness (QED) is 0.596. The second-order valence-corrected chi connectivity index (χ2v) is 5.40. The predicted octanol–water partition coefficient (Wildman–Crippen LogP) is 3.23. The Labute approximate surface area is 127 Å². The number of nitrogens with two attached hydrogens (primary N) is 1. The normalized spacial score (nSPS) is 11.0. The summed E-state index contributed by atoms with van der Waals surface area (Å²) >= 11 is 5.94. The van der Waals surface area contributed by atoms with Gasteiger partial charge in [-0.15, -0.1) is 0 Å². The van der Waals surface area contributed by atoms with Crippen LogP contribution in [0, 0.1) is 0 Å². The van der Waals surface area contributed by atoms with E-state index in [2.05, 4.69) is 5.10 Å². The molecule has 5 heteroatoms. The molecule has 0 saturated heterocycles. The minimum Gasteiger partial charge on any atom is -0.399 e. The van der Waals surface area contributed by atoms with Crippen LogP contribution in [0.1, 0.15) is 16.1 Å². The second kappa shape index (κ2) is 5.22. The van der Waals surface area contributed by atoms with E-state index in [4.69, 9.17) is 17.3 Å². The van der Waals surface area contributed by atoms with Gasteiger partial charge in [-0.1, -0.05) is 29.8 Å². The topological polar surface area (TPSA) is 60.9 Å². The number of hydrogen-bond acceptors (Lipinski definition) is 3. The fourth-order valence-corrected chi connectivity index (χ4v) is 2.69. The molecule has 4 nitrogen and oxygen atoms in total. The maximum absolute atomic E-state index is 12.4. The highest BCUT2D eigenvalue weighted by Gasteiger charge is 2.14. The van der Waals surface area contributed by atoms with E-state index in [0.29, 0.717) is 16.3 Å². The lowest BCUT2D eigenvalue weighted by Gasteiger charge is -2.02. The Morgan fingerprint density at radius 2 is 2.05 bits per heavy atom. The number of nitrogens with zero attached hydrogens (tertiary/aromatic N) is 2. The number of carbonyl (C=O) groups is 1. The average Bonchev–Trinajstić information content (AvgIpc) is 2.75. The van der Waals surface area contributed by atoms with Gasteiger partial charge in [0.05, 0.1) is 17.6 Å². The van der Waals surface area contributed by atoms with Crippen molar-refractivity contribution in [2.45, 2.75) is 6.42 Å². The first-order valence-corrected chi connectivity index (χ1v) is 6.92. The van der Waals surface area contributed by atoms with Gasteiger partial charge in [0.25, 0.3) is 0 Å². The highest BCUT2D eigenvalue weighted by molar-refractivity contribution is 6.31. The highest BCUT2D eigenvalue weighted by atomic mass is 35.5. The largest absolute Gasteiger partial charge is 0.399 e. The summed E-state index contributed by atoms with van der Waals surface area (Å²) < 4.78 is 1.78. The Hall–Kier alpha value is -2.33. The standard InChI is InChI=1S/C16H14ClN3O/c1-20-15-5-3-2-4-13(15)14(19-20)9-16(21)10-6-11(17)8-12(18)7-10/h2-8H,9,18H2,1H3. The molecule has 3 rings (SSSR count). The number of para-hydroxylation sites is 1. The Balaban J connectivity index is 1.96. The number of aromatic nitrogens is 2. The van der Waals surface area contributed by atoms with Crippen molar-refractivity contribution in [1.29, 1.82) is 0 Å². The van der Waals surface area contributed by atoms with E-state index in [1.54, 1.807) is 22.9 Å². The van der Waals surface area contributed by atoms with Gasteiger partial charge in [0.1, 0.15) is 0 Å². The van der Waals surface area contributed by atoms with E-state index >= 15 is 0 Å². The lowest BCUT2D eigenvalue weighted by molar-refractivity contribution is 0.0992. The summed E-state index contributed by atoms with van der Waals surface area (Å²) in [6.45, 7) is 0. The molecule has 0 radical (unpaired) electrons. The average molecular weight is 300 g/mol. The fourth-order valence-electron chi connectivity index (χ4n) is 2.45. The molecule has 0 atom stereocenters. The van der Waals surface area contributed by atoms with Gasteiger partial charge in [0.2, 0.25) is 0 Å². The van der Waals surface area contributed by atoms with Crippen molar-refractivity contribution in [2.75, 3.05) is 5.73 Å². The number of ketones is 1. The minimum absolute atomic E-state index is 0.0481. The zero-order valence-electron chi connectivity index (χ0n) is 11.5. The third-order valence-electron chi connectivity index (χ3n) is 3.40. The number of nitrogen functional groups attached to an aromatic ring is 1. The van der Waals surface area contributed by atoms with E-state index in [1.165, 1.54) is 0 Å². The first kappa shape index (κ1) is 13.6. The van der Waals surface area contributed by atoms with Crippen molar-refractivity contribution >= 4 is 34.0 Å². The minimum atomic E-state index is -0.0481. The van der Waals surface area contributed by atoms with Crippen LogP contribution in [0.3, 0.4) is 0 Å². The molecular weight excluding hydrogens is 286 g/mol. The van der Waals surface area contributed by atoms with Crippen LogP contribution in [0.5, 0.6) is 0 Å². The number of fused-ring (bicyclic) bond motifs is 1. The predicted molar refractivity (Wildman–Crippen MR) is 84.6 cm³/mol. The molecule has 2 N–H and O–H groups in total. The van der Waals surface area contributed by atoms with E-state index in [-0.39, 0.29) is 12.2 Å². The van der Waals surface area contributed by atoms with Gasteiger partial charge in [-0.05, 0) is 24.3 Å². The molecule has 1 aromatic heterocycles. The van der Waals surface area contributed by atoms with Crippen LogP contribution in [0.2, 0.25) is 5.02 Å². The van der Waals surface area contributed by atoms with E-state index in [1.807, 2.05) is 31.3 Å². The van der Waals surface area contributed by atoms with Gasteiger partial charge >= 0.3 is 0 Å². The van der Waals surface area contributed by atoms with Crippen LogP contribution >= 0.6 is 11.6 Å². The molecule has 0 unspecified atom stereocenters. The smallest absolute Gasteiger partial charge is 0.169 e. The second-order valence-electron chi connectivity index (χ2n) is 4.96. The van der Waals surface area contributed by atoms with Crippen molar-refractivity contribution in [2.24, 2.45) is 7.05 Å². The SMILES string of the molecule is Cn1nc(CC(=O)c2cc(N)cc(Cl)c2)c2ccccc21. The summed E-state index contributed by atoms with van der Waals surface area (Å²) in [5.74, 6) is -0.0481. The van der Waals surface area contributed by atoms with Crippen molar-refractivity contribution in [3.63, 3.8) is 0 Å². The third-order valence-corrected chi connectivity index (χ3v) is 3.62. The van der Waals surface area contributed by atoms with Gasteiger partial charge < -0.3 is 5.73 Å². The van der Waals surface area contributed by atoms with Crippen LogP contribution in [-0.2, 0) is 13.5 Å². The molecule has 0 fully saturated rings. The molecule has 1 heterocycles. The van der Waals surface area contributed by atoms with E-state index in [0.717, 1.165) is 16.6 Å². The molecule has 3 aromatic rings. The molecule has 0 amide bonds. The number of Topliss-reactive ketones (excluding diaryl/α,β-unsaturated/α-hetero) is 1. The summed E-state index contributed by atoms with van der Waals surface area (Å²) in [6.07, 6.45) is 0.223. The molecular formula is C16H14ClN3O. The number of carbonyl (C=O) groups excluding carboxylic acids is 1. The number of anilines is 1. The first-order chi connectivity index (χ1) is 10.0. The molecule has 21 heavy (non-hydrogen) atoms. The Bertz CT molecular complexity index is 818. The number of aryl methyl sites for hydroxylation is 1. The zero-order valence-corrected chi connectivity index (χ0v) is 12.3. The maximum atomic E-state index is 12.4. The molecule has 0 saturated carbocycles. The van der Waals surface area contributed by atoms with E-state index in [9.17, 15) is 4.79 Å². The lowest BCUT2D eigenvalue weighted by Crippen LogP contribution is -2.05. The van der Waals surface area contributed by atoms with Crippen LogP contribution in [0.4, 0.5) is 5.69 Å². The van der Waals surface area contributed by atoms with Gasteiger partial charge in [-0.2, -0.15) is 5.10 Å². The third kappa shape index (κ3) is 2.62. The molecule has 0 aliphatic carbocycles. The Kier molecular flexibility index (Phi) is 3.39. The van der Waals surface area contributed by atoms with Crippen molar-refractivity contribution in [3.8, 4) is 0 Å². The van der Waals surface area contributed by atoms with Gasteiger partial charge in [-0.25, -0.2) is 0 Å². The summed E-state index contributed by atoms with van der Waals surface area (Å²) in [4.78, 5) is 12.4. The van der Waals surface area contributed by atoms with Crippen molar-refractivity contribution in [3.05, 3.63) is 58.7 Å². The summed E-state index contributed by atoms with van der Waals surface area (Å²) in [7, 11) is 1.87.